The second kappa shape index (κ2) is 4.89. The smallest absolute Gasteiger partial charge is 0.159 e. The largest absolute Gasteiger partial charge is 0.236 e. The average Bonchev–Trinajstić information content (AvgIpc) is 2.28. The van der Waals surface area contributed by atoms with Crippen molar-refractivity contribution in [3.8, 4) is 11.4 Å². The van der Waals surface area contributed by atoms with Crippen LogP contribution in [0.15, 0.2) is 35.1 Å². The highest BCUT2D eigenvalue weighted by molar-refractivity contribution is 9.10. The zero-order valence-corrected chi connectivity index (χ0v) is 10.5. The number of rotatable bonds is 2. The van der Waals surface area contributed by atoms with E-state index in [1.807, 2.05) is 0 Å². The lowest BCUT2D eigenvalue weighted by Crippen LogP contribution is -1.91. The summed E-state index contributed by atoms with van der Waals surface area (Å²) in [6.45, 7) is 0. The highest BCUT2D eigenvalue weighted by Crippen LogP contribution is 2.21. The van der Waals surface area contributed by atoms with Gasteiger partial charge in [-0.25, -0.2) is 14.4 Å². The van der Waals surface area contributed by atoms with Crippen molar-refractivity contribution in [3.63, 3.8) is 0 Å². The minimum atomic E-state index is -0.325. The monoisotopic (exact) mass is 300 g/mol. The van der Waals surface area contributed by atoms with E-state index in [2.05, 4.69) is 25.9 Å². The number of nitrogens with zero attached hydrogens (tertiary/aromatic N) is 2. The summed E-state index contributed by atoms with van der Waals surface area (Å²) in [5.41, 5.74) is 1.47. The highest BCUT2D eigenvalue weighted by atomic mass is 79.9. The number of hydrogen-bond donors (Lipinski definition) is 0. The molecular weight excluding hydrogens is 294 g/mol. The van der Waals surface area contributed by atoms with Crippen molar-refractivity contribution >= 4 is 27.5 Å². The SMILES string of the molecule is Fc1cc(Br)cc(-c2ncc(CCl)cn2)c1. The van der Waals surface area contributed by atoms with E-state index in [1.54, 1.807) is 18.5 Å². The first-order valence-electron chi connectivity index (χ1n) is 4.52. The zero-order chi connectivity index (χ0) is 11.5. The molecule has 16 heavy (non-hydrogen) atoms. The molecule has 0 amide bonds. The third kappa shape index (κ3) is 2.57. The predicted octanol–water partition coefficient (Wildman–Crippen LogP) is 3.78. The lowest BCUT2D eigenvalue weighted by atomic mass is 10.2. The molecule has 0 unspecified atom stereocenters. The highest BCUT2D eigenvalue weighted by Gasteiger charge is 2.04. The van der Waals surface area contributed by atoms with Crippen molar-refractivity contribution in [1.82, 2.24) is 9.97 Å². The Morgan fingerprint density at radius 3 is 2.44 bits per heavy atom. The standard InChI is InChI=1S/C11H7BrClFN2/c12-9-1-8(2-10(14)3-9)11-15-5-7(4-13)6-16-11/h1-3,5-6H,4H2. The van der Waals surface area contributed by atoms with Crippen molar-refractivity contribution in [1.29, 1.82) is 0 Å². The molecule has 2 nitrogen and oxygen atoms in total. The second-order valence-electron chi connectivity index (χ2n) is 3.21. The van der Waals surface area contributed by atoms with Crippen molar-refractivity contribution in [2.24, 2.45) is 0 Å². The van der Waals surface area contributed by atoms with Gasteiger partial charge >= 0.3 is 0 Å². The minimum Gasteiger partial charge on any atom is -0.236 e. The van der Waals surface area contributed by atoms with Crippen LogP contribution in [-0.2, 0) is 5.88 Å². The molecule has 0 aliphatic heterocycles. The number of hydrogen-bond acceptors (Lipinski definition) is 2. The van der Waals surface area contributed by atoms with Crippen molar-refractivity contribution in [3.05, 3.63) is 46.4 Å². The van der Waals surface area contributed by atoms with Crippen LogP contribution in [0.3, 0.4) is 0 Å². The van der Waals surface area contributed by atoms with Crippen LogP contribution in [0.5, 0.6) is 0 Å². The van der Waals surface area contributed by atoms with Gasteiger partial charge in [0.15, 0.2) is 5.82 Å². The number of alkyl halides is 1. The first-order valence-corrected chi connectivity index (χ1v) is 5.85. The van der Waals surface area contributed by atoms with Crippen molar-refractivity contribution in [2.45, 2.75) is 5.88 Å². The van der Waals surface area contributed by atoms with Gasteiger partial charge in [-0.2, -0.15) is 0 Å². The van der Waals surface area contributed by atoms with Crippen molar-refractivity contribution < 1.29 is 4.39 Å². The molecule has 2 rings (SSSR count). The van der Waals surface area contributed by atoms with E-state index in [0.717, 1.165) is 5.56 Å². The maximum absolute atomic E-state index is 13.2. The van der Waals surface area contributed by atoms with Crippen molar-refractivity contribution in [2.75, 3.05) is 0 Å². The summed E-state index contributed by atoms with van der Waals surface area (Å²) < 4.78 is 13.8. The summed E-state index contributed by atoms with van der Waals surface area (Å²) in [7, 11) is 0. The van der Waals surface area contributed by atoms with Gasteiger partial charge in [0, 0.05) is 28.0 Å². The van der Waals surface area contributed by atoms with E-state index in [-0.39, 0.29) is 5.82 Å². The van der Waals surface area contributed by atoms with E-state index in [1.165, 1.54) is 12.1 Å². The third-order valence-corrected chi connectivity index (χ3v) is 2.75. The van der Waals surface area contributed by atoms with Gasteiger partial charge in [-0.1, -0.05) is 15.9 Å². The molecule has 0 bridgehead atoms. The molecule has 1 heterocycles. The van der Waals surface area contributed by atoms with Gasteiger partial charge in [-0.3, -0.25) is 0 Å². The Kier molecular flexibility index (Phi) is 3.51. The molecule has 1 aromatic heterocycles. The Hall–Kier alpha value is -1.00. The molecule has 0 saturated heterocycles. The van der Waals surface area contributed by atoms with Gasteiger partial charge in [0.1, 0.15) is 5.82 Å². The molecule has 82 valence electrons. The molecule has 2 aromatic rings. The number of aromatic nitrogens is 2. The van der Waals surface area contributed by atoms with Crippen LogP contribution in [0.1, 0.15) is 5.56 Å². The molecule has 0 spiro atoms. The molecule has 0 N–H and O–H groups in total. The Balaban J connectivity index is 2.42. The molecule has 0 saturated carbocycles. The fraction of sp³-hybridized carbons (Fsp3) is 0.0909. The van der Waals surface area contributed by atoms with Crippen LogP contribution in [-0.4, -0.2) is 9.97 Å². The molecule has 0 aliphatic carbocycles. The van der Waals surface area contributed by atoms with Gasteiger partial charge in [0.2, 0.25) is 0 Å². The van der Waals surface area contributed by atoms with Gasteiger partial charge in [0.05, 0.1) is 5.88 Å². The fourth-order valence-corrected chi connectivity index (χ4v) is 1.86. The molecular formula is C11H7BrClFN2. The molecule has 0 aliphatic rings. The number of benzene rings is 1. The summed E-state index contributed by atoms with van der Waals surface area (Å²) in [6.07, 6.45) is 3.27. The number of halogens is 3. The van der Waals surface area contributed by atoms with Gasteiger partial charge in [-0.05, 0) is 18.2 Å². The van der Waals surface area contributed by atoms with Crippen LogP contribution in [0.2, 0.25) is 0 Å². The van der Waals surface area contributed by atoms with Crippen LogP contribution in [0.4, 0.5) is 4.39 Å². The summed E-state index contributed by atoms with van der Waals surface area (Å²) >= 11 is 8.85. The Labute approximate surface area is 106 Å². The van der Waals surface area contributed by atoms with Crippen LogP contribution < -0.4 is 0 Å². The fourth-order valence-electron chi connectivity index (χ4n) is 1.26. The maximum atomic E-state index is 13.2. The normalized spacial score (nSPS) is 10.4. The lowest BCUT2D eigenvalue weighted by Gasteiger charge is -2.02. The maximum Gasteiger partial charge on any atom is 0.159 e. The molecule has 1 aromatic carbocycles. The molecule has 5 heteroatoms. The zero-order valence-electron chi connectivity index (χ0n) is 8.12. The van der Waals surface area contributed by atoms with Gasteiger partial charge in [0.25, 0.3) is 0 Å². The summed E-state index contributed by atoms with van der Waals surface area (Å²) in [4.78, 5) is 8.24. The second-order valence-corrected chi connectivity index (χ2v) is 4.39. The van der Waals surface area contributed by atoms with E-state index in [4.69, 9.17) is 11.6 Å². The third-order valence-electron chi connectivity index (χ3n) is 1.98. The summed E-state index contributed by atoms with van der Waals surface area (Å²) in [6, 6.07) is 4.54. The topological polar surface area (TPSA) is 25.8 Å². The molecule has 0 fully saturated rings. The van der Waals surface area contributed by atoms with E-state index >= 15 is 0 Å². The first-order chi connectivity index (χ1) is 7.69. The van der Waals surface area contributed by atoms with Crippen LogP contribution in [0.25, 0.3) is 11.4 Å². The van der Waals surface area contributed by atoms with Gasteiger partial charge < -0.3 is 0 Å². The summed E-state index contributed by atoms with van der Waals surface area (Å²) in [5, 5.41) is 0. The van der Waals surface area contributed by atoms with E-state index in [0.29, 0.717) is 21.7 Å². The first kappa shape index (κ1) is 11.5. The molecule has 0 atom stereocenters. The Morgan fingerprint density at radius 2 is 1.88 bits per heavy atom. The van der Waals surface area contributed by atoms with Crippen LogP contribution >= 0.6 is 27.5 Å². The quantitative estimate of drug-likeness (QED) is 0.789. The van der Waals surface area contributed by atoms with E-state index in [9.17, 15) is 4.39 Å². The van der Waals surface area contributed by atoms with E-state index < -0.39 is 0 Å². The Bertz CT molecular complexity index is 482. The molecule has 0 radical (unpaired) electrons. The lowest BCUT2D eigenvalue weighted by molar-refractivity contribution is 0.627. The van der Waals surface area contributed by atoms with Gasteiger partial charge in [-0.15, -0.1) is 11.6 Å². The minimum absolute atomic E-state index is 0.325. The van der Waals surface area contributed by atoms with Crippen LogP contribution in [0, 0.1) is 5.82 Å². The average molecular weight is 302 g/mol. The predicted molar refractivity (Wildman–Crippen MR) is 64.7 cm³/mol. The summed E-state index contributed by atoms with van der Waals surface area (Å²) in [5.74, 6) is 0.524. The Morgan fingerprint density at radius 1 is 1.19 bits per heavy atom.